The van der Waals surface area contributed by atoms with Crippen LogP contribution >= 0.6 is 0 Å². The van der Waals surface area contributed by atoms with Crippen LogP contribution in [-0.2, 0) is 4.79 Å². The molecule has 0 saturated heterocycles. The molecule has 0 aliphatic carbocycles. The maximum Gasteiger partial charge on any atom is 0.280 e. The minimum Gasteiger partial charge on any atom is -0.456 e. The van der Waals surface area contributed by atoms with Crippen LogP contribution in [0.15, 0.2) is 64.6 Å². The Labute approximate surface area is 167 Å². The van der Waals surface area contributed by atoms with Crippen molar-refractivity contribution >= 4 is 23.4 Å². The van der Waals surface area contributed by atoms with Gasteiger partial charge in [-0.25, -0.2) is 0 Å². The molecule has 1 heterocycles. The summed E-state index contributed by atoms with van der Waals surface area (Å²) in [4.78, 5) is 23.1. The molecule has 7 heteroatoms. The average molecular weight is 387 g/mol. The molecular formula is C22H17N3O4. The number of carbonyl (C=O) groups is 1. The summed E-state index contributed by atoms with van der Waals surface area (Å²) in [5.74, 6) is -0.0558. The van der Waals surface area contributed by atoms with Gasteiger partial charge in [0.25, 0.3) is 11.6 Å². The summed E-state index contributed by atoms with van der Waals surface area (Å²) in [5.41, 5.74) is 2.77. The Morgan fingerprint density at radius 3 is 2.59 bits per heavy atom. The molecule has 2 aromatic carbocycles. The summed E-state index contributed by atoms with van der Waals surface area (Å²) >= 11 is 0. The number of furan rings is 1. The molecule has 0 atom stereocenters. The number of para-hydroxylation sites is 1. The van der Waals surface area contributed by atoms with Crippen LogP contribution in [-0.4, -0.2) is 10.8 Å². The zero-order valence-electron chi connectivity index (χ0n) is 15.8. The highest BCUT2D eigenvalue weighted by Gasteiger charge is 2.17. The molecule has 1 N–H and O–H groups in total. The average Bonchev–Trinajstić information content (AvgIpc) is 3.17. The second-order valence-corrected chi connectivity index (χ2v) is 6.40. The molecule has 0 fully saturated rings. The normalized spacial score (nSPS) is 11.0. The number of carbonyl (C=O) groups excluding carboxylic acids is 1. The predicted molar refractivity (Wildman–Crippen MR) is 109 cm³/mol. The van der Waals surface area contributed by atoms with Gasteiger partial charge in [-0.15, -0.1) is 0 Å². The van der Waals surface area contributed by atoms with Gasteiger partial charge in [-0.2, -0.15) is 5.26 Å². The summed E-state index contributed by atoms with van der Waals surface area (Å²) < 4.78 is 5.62. The van der Waals surface area contributed by atoms with Crippen molar-refractivity contribution in [3.05, 3.63) is 87.2 Å². The number of hydrogen-bond acceptors (Lipinski definition) is 5. The molecule has 3 aromatic rings. The molecule has 0 spiro atoms. The highest BCUT2D eigenvalue weighted by Crippen LogP contribution is 2.31. The fourth-order valence-electron chi connectivity index (χ4n) is 2.72. The molecule has 144 valence electrons. The smallest absolute Gasteiger partial charge is 0.280 e. The van der Waals surface area contributed by atoms with Gasteiger partial charge in [0.15, 0.2) is 0 Å². The fraction of sp³-hybridized carbons (Fsp3) is 0.0909. The van der Waals surface area contributed by atoms with Crippen molar-refractivity contribution in [2.24, 2.45) is 0 Å². The number of nitro benzene ring substituents is 1. The molecule has 0 unspecified atom stereocenters. The van der Waals surface area contributed by atoms with Crippen molar-refractivity contribution in [2.75, 3.05) is 5.32 Å². The van der Waals surface area contributed by atoms with Crippen LogP contribution in [0.1, 0.15) is 16.9 Å². The number of anilines is 1. The minimum atomic E-state index is -0.570. The van der Waals surface area contributed by atoms with Crippen LogP contribution < -0.4 is 5.32 Å². The number of amides is 1. The molecule has 0 saturated carbocycles. The maximum absolute atomic E-state index is 12.4. The van der Waals surface area contributed by atoms with Gasteiger partial charge in [0.05, 0.1) is 10.5 Å². The first-order valence-corrected chi connectivity index (χ1v) is 8.73. The van der Waals surface area contributed by atoms with Crippen LogP contribution in [0.2, 0.25) is 0 Å². The van der Waals surface area contributed by atoms with E-state index in [9.17, 15) is 20.2 Å². The second kappa shape index (κ2) is 8.23. The molecule has 0 bridgehead atoms. The van der Waals surface area contributed by atoms with E-state index in [1.807, 2.05) is 32.0 Å². The summed E-state index contributed by atoms with van der Waals surface area (Å²) in [7, 11) is 0. The van der Waals surface area contributed by atoms with E-state index >= 15 is 0 Å². The lowest BCUT2D eigenvalue weighted by Crippen LogP contribution is -2.13. The van der Waals surface area contributed by atoms with E-state index in [1.165, 1.54) is 12.1 Å². The third-order valence-electron chi connectivity index (χ3n) is 4.41. The second-order valence-electron chi connectivity index (χ2n) is 6.40. The van der Waals surface area contributed by atoms with Gasteiger partial charge < -0.3 is 9.73 Å². The zero-order valence-corrected chi connectivity index (χ0v) is 15.8. The summed E-state index contributed by atoms with van der Waals surface area (Å²) in [6.07, 6.45) is 1.30. The van der Waals surface area contributed by atoms with Gasteiger partial charge in [0.1, 0.15) is 23.2 Å². The van der Waals surface area contributed by atoms with Gasteiger partial charge in [-0.05, 0) is 55.3 Å². The van der Waals surface area contributed by atoms with Gasteiger partial charge in [-0.3, -0.25) is 14.9 Å². The number of nitrogens with zero attached hydrogens (tertiary/aromatic N) is 2. The van der Waals surface area contributed by atoms with Crippen LogP contribution in [0.3, 0.4) is 0 Å². The number of hydrogen-bond donors (Lipinski definition) is 1. The third-order valence-corrected chi connectivity index (χ3v) is 4.41. The van der Waals surface area contributed by atoms with Gasteiger partial charge in [0.2, 0.25) is 0 Å². The van der Waals surface area contributed by atoms with Gasteiger partial charge >= 0.3 is 0 Å². The number of benzene rings is 2. The first-order chi connectivity index (χ1) is 13.9. The number of aryl methyl sites for hydroxylation is 2. The molecule has 0 aliphatic heterocycles. The quantitative estimate of drug-likeness (QED) is 0.286. The summed E-state index contributed by atoms with van der Waals surface area (Å²) in [6, 6.07) is 16.6. The van der Waals surface area contributed by atoms with E-state index in [1.54, 1.807) is 36.4 Å². The van der Waals surface area contributed by atoms with E-state index in [0.29, 0.717) is 11.3 Å². The molecule has 0 aliphatic rings. The molecule has 3 rings (SSSR count). The van der Waals surface area contributed by atoms with Crippen LogP contribution in [0.4, 0.5) is 11.4 Å². The van der Waals surface area contributed by atoms with E-state index in [0.717, 1.165) is 11.1 Å². The lowest BCUT2D eigenvalue weighted by molar-refractivity contribution is -0.384. The SMILES string of the molecule is Cc1ccc(NC(=O)/C(C#N)=C/c2ccc(-c3ccccc3[N+](=O)[O-])o2)cc1C. The predicted octanol–water partition coefficient (Wildman–Crippen LogP) is 5.02. The molecule has 29 heavy (non-hydrogen) atoms. The Morgan fingerprint density at radius 1 is 1.14 bits per heavy atom. The molecule has 1 amide bonds. The highest BCUT2D eigenvalue weighted by atomic mass is 16.6. The summed E-state index contributed by atoms with van der Waals surface area (Å²) in [5, 5.41) is 23.2. The number of nitro groups is 1. The van der Waals surface area contributed by atoms with E-state index in [4.69, 9.17) is 4.42 Å². The van der Waals surface area contributed by atoms with E-state index in [2.05, 4.69) is 5.32 Å². The number of nitrogens with one attached hydrogen (secondary N) is 1. The van der Waals surface area contributed by atoms with Crippen molar-refractivity contribution in [3.63, 3.8) is 0 Å². The monoisotopic (exact) mass is 387 g/mol. The number of rotatable bonds is 5. The van der Waals surface area contributed by atoms with Crippen LogP contribution in [0.5, 0.6) is 0 Å². The molecule has 1 aromatic heterocycles. The first kappa shape index (κ1) is 19.6. The minimum absolute atomic E-state index is 0.0922. The van der Waals surface area contributed by atoms with E-state index < -0.39 is 10.8 Å². The Bertz CT molecular complexity index is 1170. The Kier molecular flexibility index (Phi) is 5.56. The van der Waals surface area contributed by atoms with Crippen LogP contribution in [0, 0.1) is 35.3 Å². The van der Waals surface area contributed by atoms with Gasteiger partial charge in [-0.1, -0.05) is 18.2 Å². The Hall–Kier alpha value is -4.18. The first-order valence-electron chi connectivity index (χ1n) is 8.73. The van der Waals surface area contributed by atoms with E-state index in [-0.39, 0.29) is 22.8 Å². The van der Waals surface area contributed by atoms with Crippen molar-refractivity contribution in [1.29, 1.82) is 5.26 Å². The summed E-state index contributed by atoms with van der Waals surface area (Å²) in [6.45, 7) is 3.90. The standard InChI is InChI=1S/C22H17N3O4/c1-14-7-8-17(11-15(14)2)24-22(26)16(13-23)12-18-9-10-21(29-18)19-5-3-4-6-20(19)25(27)28/h3-12H,1-2H3,(H,24,26)/b16-12+. The lowest BCUT2D eigenvalue weighted by atomic mass is 10.1. The highest BCUT2D eigenvalue weighted by molar-refractivity contribution is 6.09. The van der Waals surface area contributed by atoms with Crippen molar-refractivity contribution in [2.45, 2.75) is 13.8 Å². The largest absolute Gasteiger partial charge is 0.456 e. The van der Waals surface area contributed by atoms with Crippen molar-refractivity contribution in [3.8, 4) is 17.4 Å². The Balaban J connectivity index is 1.85. The zero-order chi connectivity index (χ0) is 21.0. The Morgan fingerprint density at radius 2 is 1.90 bits per heavy atom. The maximum atomic E-state index is 12.4. The molecular weight excluding hydrogens is 370 g/mol. The number of nitriles is 1. The fourth-order valence-corrected chi connectivity index (χ4v) is 2.72. The third kappa shape index (κ3) is 4.39. The molecule has 7 nitrogen and oxygen atoms in total. The van der Waals surface area contributed by atoms with Crippen LogP contribution in [0.25, 0.3) is 17.4 Å². The topological polar surface area (TPSA) is 109 Å². The lowest BCUT2D eigenvalue weighted by Gasteiger charge is -2.06. The van der Waals surface area contributed by atoms with Gasteiger partial charge in [0, 0.05) is 17.8 Å². The van der Waals surface area contributed by atoms with Crippen molar-refractivity contribution in [1.82, 2.24) is 0 Å². The van der Waals surface area contributed by atoms with Crippen molar-refractivity contribution < 1.29 is 14.1 Å². The molecule has 0 radical (unpaired) electrons.